The molecule has 0 amide bonds. The Hall–Kier alpha value is -1.22. The van der Waals surface area contributed by atoms with E-state index in [0.29, 0.717) is 12.6 Å². The van der Waals surface area contributed by atoms with E-state index in [0.717, 1.165) is 11.5 Å². The fourth-order valence-corrected chi connectivity index (χ4v) is 2.29. The van der Waals surface area contributed by atoms with Crippen molar-refractivity contribution < 1.29 is 9.47 Å². The molecule has 0 bridgehead atoms. The van der Waals surface area contributed by atoms with Gasteiger partial charge >= 0.3 is 0 Å². The fourth-order valence-electron chi connectivity index (χ4n) is 2.29. The van der Waals surface area contributed by atoms with Crippen molar-refractivity contribution in [3.05, 3.63) is 23.8 Å². The number of nitrogens with one attached hydrogen (secondary N) is 1. The molecular formula is C18H31NO2. The lowest BCUT2D eigenvalue weighted by molar-refractivity contribution is 0.179. The molecule has 1 rings (SSSR count). The van der Waals surface area contributed by atoms with Crippen molar-refractivity contribution >= 4 is 0 Å². The van der Waals surface area contributed by atoms with Crippen molar-refractivity contribution in [2.45, 2.75) is 53.0 Å². The molecule has 1 aromatic carbocycles. The first-order valence-electron chi connectivity index (χ1n) is 7.58. The van der Waals surface area contributed by atoms with Crippen LogP contribution in [0.25, 0.3) is 0 Å². The van der Waals surface area contributed by atoms with Crippen LogP contribution in [-0.2, 0) is 5.41 Å². The molecule has 3 nitrogen and oxygen atoms in total. The topological polar surface area (TPSA) is 30.5 Å². The molecule has 0 aliphatic rings. The maximum absolute atomic E-state index is 6.12. The van der Waals surface area contributed by atoms with Gasteiger partial charge in [-0.25, -0.2) is 0 Å². The van der Waals surface area contributed by atoms with Crippen molar-refractivity contribution in [3.63, 3.8) is 0 Å². The van der Waals surface area contributed by atoms with Crippen LogP contribution in [-0.4, -0.2) is 26.8 Å². The maximum atomic E-state index is 6.12. The van der Waals surface area contributed by atoms with Crippen LogP contribution in [0.5, 0.6) is 11.5 Å². The van der Waals surface area contributed by atoms with E-state index in [1.54, 1.807) is 7.11 Å². The van der Waals surface area contributed by atoms with E-state index in [-0.39, 0.29) is 10.8 Å². The van der Waals surface area contributed by atoms with E-state index in [1.165, 1.54) is 5.56 Å². The number of ether oxygens (including phenoxy) is 2. The number of rotatable bonds is 5. The van der Waals surface area contributed by atoms with Gasteiger partial charge < -0.3 is 14.8 Å². The highest BCUT2D eigenvalue weighted by atomic mass is 16.5. The molecule has 0 aliphatic heterocycles. The van der Waals surface area contributed by atoms with Gasteiger partial charge in [-0.15, -0.1) is 0 Å². The molecular weight excluding hydrogens is 262 g/mol. The number of benzene rings is 1. The molecule has 120 valence electrons. The van der Waals surface area contributed by atoms with Gasteiger partial charge in [0.2, 0.25) is 0 Å². The van der Waals surface area contributed by atoms with Gasteiger partial charge in [-0.1, -0.05) is 41.5 Å². The van der Waals surface area contributed by atoms with Crippen LogP contribution in [0.4, 0.5) is 0 Å². The van der Waals surface area contributed by atoms with Crippen molar-refractivity contribution in [3.8, 4) is 11.5 Å². The van der Waals surface area contributed by atoms with E-state index >= 15 is 0 Å². The summed E-state index contributed by atoms with van der Waals surface area (Å²) in [6.45, 7) is 13.9. The predicted octanol–water partition coefficient (Wildman–Crippen LogP) is 4.01. The molecule has 0 radical (unpaired) electrons. The highest BCUT2D eigenvalue weighted by Gasteiger charge is 2.25. The third-order valence-electron chi connectivity index (χ3n) is 3.79. The van der Waals surface area contributed by atoms with E-state index in [2.05, 4.69) is 52.9 Å². The van der Waals surface area contributed by atoms with Gasteiger partial charge in [-0.3, -0.25) is 0 Å². The number of methoxy groups -OCH3 is 1. The molecule has 1 unspecified atom stereocenters. The normalized spacial score (nSPS) is 13.9. The lowest BCUT2D eigenvalue weighted by Crippen LogP contribution is -2.42. The Morgan fingerprint density at radius 3 is 2.14 bits per heavy atom. The second-order valence-corrected chi connectivity index (χ2v) is 7.63. The summed E-state index contributed by atoms with van der Waals surface area (Å²) in [5.41, 5.74) is 1.34. The van der Waals surface area contributed by atoms with Crippen LogP contribution >= 0.6 is 0 Å². The summed E-state index contributed by atoms with van der Waals surface area (Å²) >= 11 is 0. The first-order chi connectivity index (χ1) is 9.59. The Kier molecular flexibility index (Phi) is 5.68. The minimum absolute atomic E-state index is 0.0146. The second kappa shape index (κ2) is 6.69. The van der Waals surface area contributed by atoms with Crippen LogP contribution in [0.2, 0.25) is 0 Å². The first kappa shape index (κ1) is 17.8. The third-order valence-corrected chi connectivity index (χ3v) is 3.79. The SMILES string of the molecule is CNC(COc1ccc(OC)cc1C(C)(C)C)C(C)(C)C. The van der Waals surface area contributed by atoms with Crippen molar-refractivity contribution in [1.82, 2.24) is 5.32 Å². The molecule has 1 atom stereocenters. The number of likely N-dealkylation sites (N-methyl/N-ethyl adjacent to an activating group) is 1. The molecule has 0 heterocycles. The van der Waals surface area contributed by atoms with E-state index in [4.69, 9.17) is 9.47 Å². The van der Waals surface area contributed by atoms with Crippen LogP contribution < -0.4 is 14.8 Å². The average molecular weight is 293 g/mol. The summed E-state index contributed by atoms with van der Waals surface area (Å²) in [6.07, 6.45) is 0. The van der Waals surface area contributed by atoms with Gasteiger partial charge in [0.15, 0.2) is 0 Å². The molecule has 1 N–H and O–H groups in total. The van der Waals surface area contributed by atoms with Gasteiger partial charge in [-0.05, 0) is 36.1 Å². The molecule has 0 aliphatic carbocycles. The predicted molar refractivity (Wildman–Crippen MR) is 89.5 cm³/mol. The lowest BCUT2D eigenvalue weighted by Gasteiger charge is -2.31. The number of hydrogen-bond donors (Lipinski definition) is 1. The Labute approximate surface area is 130 Å². The molecule has 21 heavy (non-hydrogen) atoms. The van der Waals surface area contributed by atoms with Gasteiger partial charge in [0.05, 0.1) is 7.11 Å². The summed E-state index contributed by atoms with van der Waals surface area (Å²) in [5.74, 6) is 1.81. The Morgan fingerprint density at radius 1 is 1.10 bits per heavy atom. The summed E-state index contributed by atoms with van der Waals surface area (Å²) in [6, 6.07) is 6.33. The molecule has 0 fully saturated rings. The first-order valence-corrected chi connectivity index (χ1v) is 7.58. The van der Waals surface area contributed by atoms with Crippen LogP contribution in [0.15, 0.2) is 18.2 Å². The molecule has 1 aromatic rings. The Bertz CT molecular complexity index is 455. The zero-order chi connectivity index (χ0) is 16.3. The quantitative estimate of drug-likeness (QED) is 0.890. The molecule has 0 saturated carbocycles. The van der Waals surface area contributed by atoms with Crippen LogP contribution in [0, 0.1) is 5.41 Å². The fraction of sp³-hybridized carbons (Fsp3) is 0.667. The van der Waals surface area contributed by atoms with Gasteiger partial charge in [0, 0.05) is 11.6 Å². The smallest absolute Gasteiger partial charge is 0.123 e. The Morgan fingerprint density at radius 2 is 1.71 bits per heavy atom. The van der Waals surface area contributed by atoms with Crippen LogP contribution in [0.1, 0.15) is 47.1 Å². The maximum Gasteiger partial charge on any atom is 0.123 e. The molecule has 3 heteroatoms. The summed E-state index contributed by atoms with van der Waals surface area (Å²) in [7, 11) is 3.68. The largest absolute Gasteiger partial charge is 0.497 e. The monoisotopic (exact) mass is 293 g/mol. The van der Waals surface area contributed by atoms with E-state index in [9.17, 15) is 0 Å². The van der Waals surface area contributed by atoms with Gasteiger partial charge in [-0.2, -0.15) is 0 Å². The lowest BCUT2D eigenvalue weighted by atomic mass is 9.86. The molecule has 0 aromatic heterocycles. The van der Waals surface area contributed by atoms with Crippen molar-refractivity contribution in [2.24, 2.45) is 5.41 Å². The molecule has 0 spiro atoms. The highest BCUT2D eigenvalue weighted by Crippen LogP contribution is 2.34. The van der Waals surface area contributed by atoms with E-state index in [1.807, 2.05) is 19.2 Å². The third kappa shape index (κ3) is 4.92. The number of hydrogen-bond acceptors (Lipinski definition) is 3. The van der Waals surface area contributed by atoms with Crippen molar-refractivity contribution in [1.29, 1.82) is 0 Å². The summed E-state index contributed by atoms with van der Waals surface area (Å²) < 4.78 is 11.5. The minimum atomic E-state index is 0.0146. The zero-order valence-corrected chi connectivity index (χ0v) is 14.8. The Balaban J connectivity index is 2.98. The average Bonchev–Trinajstić information content (AvgIpc) is 2.36. The van der Waals surface area contributed by atoms with Crippen LogP contribution in [0.3, 0.4) is 0 Å². The second-order valence-electron chi connectivity index (χ2n) is 7.63. The summed E-state index contributed by atoms with van der Waals surface area (Å²) in [5, 5.41) is 3.34. The highest BCUT2D eigenvalue weighted by molar-refractivity contribution is 5.44. The van der Waals surface area contributed by atoms with Gasteiger partial charge in [0.1, 0.15) is 18.1 Å². The standard InChI is InChI=1S/C18H31NO2/c1-17(2,3)14-11-13(20-8)9-10-15(14)21-12-16(19-7)18(4,5)6/h9-11,16,19H,12H2,1-8H3. The minimum Gasteiger partial charge on any atom is -0.497 e. The van der Waals surface area contributed by atoms with E-state index < -0.39 is 0 Å². The summed E-state index contributed by atoms with van der Waals surface area (Å²) in [4.78, 5) is 0. The zero-order valence-electron chi connectivity index (χ0n) is 14.8. The molecule has 0 saturated heterocycles. The van der Waals surface area contributed by atoms with Crippen molar-refractivity contribution in [2.75, 3.05) is 20.8 Å². The van der Waals surface area contributed by atoms with Gasteiger partial charge in [0.25, 0.3) is 0 Å².